The topological polar surface area (TPSA) is 66.9 Å². The number of nitrogens with zero attached hydrogens (tertiary/aromatic N) is 2. The molecule has 0 unspecified atom stereocenters. The molecule has 2 aromatic rings. The van der Waals surface area contributed by atoms with Crippen LogP contribution in [0.25, 0.3) is 0 Å². The van der Waals surface area contributed by atoms with Crippen LogP contribution in [0.3, 0.4) is 0 Å². The van der Waals surface area contributed by atoms with E-state index in [0.717, 1.165) is 13.0 Å². The number of rotatable bonds is 5. The third-order valence-corrected chi connectivity index (χ3v) is 2.77. The first-order valence-electron chi connectivity index (χ1n) is 6.32. The van der Waals surface area contributed by atoms with Gasteiger partial charge in [-0.3, -0.25) is 4.79 Å². The van der Waals surface area contributed by atoms with Gasteiger partial charge in [-0.15, -0.1) is 0 Å². The number of amides is 1. The summed E-state index contributed by atoms with van der Waals surface area (Å²) in [7, 11) is 0. The van der Waals surface area contributed by atoms with E-state index < -0.39 is 0 Å². The summed E-state index contributed by atoms with van der Waals surface area (Å²) in [5.74, 6) is 0.907. The lowest BCUT2D eigenvalue weighted by atomic mass is 10.2. The maximum absolute atomic E-state index is 12.1. The minimum absolute atomic E-state index is 0.234. The van der Waals surface area contributed by atoms with Crippen molar-refractivity contribution in [3.05, 3.63) is 47.2 Å². The molecule has 0 saturated heterocycles. The molecule has 2 aromatic heterocycles. The lowest BCUT2D eigenvalue weighted by Crippen LogP contribution is -2.13. The number of carbonyl (C=O) groups excluding carboxylic acids is 1. The van der Waals surface area contributed by atoms with Crippen LogP contribution in [0.5, 0.6) is 0 Å². The van der Waals surface area contributed by atoms with Gasteiger partial charge in [0.1, 0.15) is 11.6 Å². The molecule has 6 heteroatoms. The fraction of sp³-hybridized carbons (Fsp3) is 0.214. The molecule has 0 radical (unpaired) electrons. The van der Waals surface area contributed by atoms with Crippen LogP contribution in [0.4, 0.5) is 11.6 Å². The van der Waals surface area contributed by atoms with Gasteiger partial charge in [0.15, 0.2) is 0 Å². The van der Waals surface area contributed by atoms with Crippen LogP contribution in [0.15, 0.2) is 36.7 Å². The number of halogens is 1. The smallest absolute Gasteiger partial charge is 0.257 e. The van der Waals surface area contributed by atoms with Gasteiger partial charge in [0.05, 0.1) is 5.02 Å². The molecule has 0 aromatic carbocycles. The van der Waals surface area contributed by atoms with E-state index in [0.29, 0.717) is 22.2 Å². The van der Waals surface area contributed by atoms with E-state index in [1.807, 2.05) is 0 Å². The van der Waals surface area contributed by atoms with Crippen molar-refractivity contribution in [3.8, 4) is 0 Å². The lowest BCUT2D eigenvalue weighted by Gasteiger charge is -2.07. The van der Waals surface area contributed by atoms with Crippen molar-refractivity contribution in [2.45, 2.75) is 13.3 Å². The van der Waals surface area contributed by atoms with Crippen molar-refractivity contribution in [3.63, 3.8) is 0 Å². The third kappa shape index (κ3) is 3.93. The SMILES string of the molecule is CCCNc1cc(C(=O)Nc2ccc(Cl)cn2)ccn1. The average Bonchev–Trinajstić information content (AvgIpc) is 2.48. The van der Waals surface area contributed by atoms with E-state index in [1.165, 1.54) is 6.20 Å². The van der Waals surface area contributed by atoms with Crippen molar-refractivity contribution in [2.24, 2.45) is 0 Å². The molecule has 0 spiro atoms. The zero-order valence-corrected chi connectivity index (χ0v) is 11.8. The summed E-state index contributed by atoms with van der Waals surface area (Å²) in [4.78, 5) is 20.3. The molecule has 2 N–H and O–H groups in total. The first-order chi connectivity index (χ1) is 9.69. The van der Waals surface area contributed by atoms with E-state index >= 15 is 0 Å². The minimum Gasteiger partial charge on any atom is -0.370 e. The van der Waals surface area contributed by atoms with Gasteiger partial charge in [0.25, 0.3) is 5.91 Å². The van der Waals surface area contributed by atoms with Gasteiger partial charge >= 0.3 is 0 Å². The van der Waals surface area contributed by atoms with Crippen LogP contribution in [0.2, 0.25) is 5.02 Å². The number of aromatic nitrogens is 2. The molecule has 104 valence electrons. The van der Waals surface area contributed by atoms with E-state index in [2.05, 4.69) is 27.5 Å². The van der Waals surface area contributed by atoms with Crippen molar-refractivity contribution in [1.29, 1.82) is 0 Å². The van der Waals surface area contributed by atoms with Crippen LogP contribution < -0.4 is 10.6 Å². The van der Waals surface area contributed by atoms with Crippen LogP contribution >= 0.6 is 11.6 Å². The van der Waals surface area contributed by atoms with Gasteiger partial charge in [-0.25, -0.2) is 9.97 Å². The van der Waals surface area contributed by atoms with Crippen LogP contribution in [-0.2, 0) is 0 Å². The van der Waals surface area contributed by atoms with Gasteiger partial charge < -0.3 is 10.6 Å². The largest absolute Gasteiger partial charge is 0.370 e. The quantitative estimate of drug-likeness (QED) is 0.887. The maximum Gasteiger partial charge on any atom is 0.257 e. The highest BCUT2D eigenvalue weighted by Gasteiger charge is 2.08. The fourth-order valence-corrected chi connectivity index (χ4v) is 1.67. The molecule has 0 aliphatic carbocycles. The summed E-state index contributed by atoms with van der Waals surface area (Å²) in [5.41, 5.74) is 0.523. The Morgan fingerprint density at radius 1 is 1.25 bits per heavy atom. The number of anilines is 2. The molecule has 0 atom stereocenters. The monoisotopic (exact) mass is 290 g/mol. The second kappa shape index (κ2) is 6.86. The minimum atomic E-state index is -0.234. The van der Waals surface area contributed by atoms with Crippen molar-refractivity contribution < 1.29 is 4.79 Å². The first-order valence-corrected chi connectivity index (χ1v) is 6.69. The first kappa shape index (κ1) is 14.3. The highest BCUT2D eigenvalue weighted by molar-refractivity contribution is 6.30. The van der Waals surface area contributed by atoms with E-state index in [-0.39, 0.29) is 5.91 Å². The fourth-order valence-electron chi connectivity index (χ4n) is 1.56. The Labute approximate surface area is 122 Å². The van der Waals surface area contributed by atoms with Crippen molar-refractivity contribution >= 4 is 29.1 Å². The van der Waals surface area contributed by atoms with Crippen LogP contribution in [-0.4, -0.2) is 22.4 Å². The van der Waals surface area contributed by atoms with E-state index in [9.17, 15) is 4.79 Å². The molecule has 0 aliphatic rings. The average molecular weight is 291 g/mol. The number of hydrogen-bond acceptors (Lipinski definition) is 4. The predicted octanol–water partition coefficient (Wildman–Crippen LogP) is 3.20. The summed E-state index contributed by atoms with van der Waals surface area (Å²) in [6, 6.07) is 6.69. The number of nitrogens with one attached hydrogen (secondary N) is 2. The Hall–Kier alpha value is -2.14. The highest BCUT2D eigenvalue weighted by atomic mass is 35.5. The Balaban J connectivity index is 2.06. The summed E-state index contributed by atoms with van der Waals surface area (Å²) in [6.07, 6.45) is 4.08. The van der Waals surface area contributed by atoms with E-state index in [1.54, 1.807) is 30.5 Å². The number of hydrogen-bond donors (Lipinski definition) is 2. The molecule has 0 saturated carbocycles. The number of pyridine rings is 2. The zero-order valence-electron chi connectivity index (χ0n) is 11.1. The second-order valence-electron chi connectivity index (χ2n) is 4.17. The lowest BCUT2D eigenvalue weighted by molar-refractivity contribution is 0.102. The van der Waals surface area contributed by atoms with E-state index in [4.69, 9.17) is 11.6 Å². The molecular weight excluding hydrogens is 276 g/mol. The molecule has 0 aliphatic heterocycles. The molecule has 2 heterocycles. The van der Waals surface area contributed by atoms with Crippen molar-refractivity contribution in [2.75, 3.05) is 17.2 Å². The molecule has 20 heavy (non-hydrogen) atoms. The molecule has 5 nitrogen and oxygen atoms in total. The summed E-state index contributed by atoms with van der Waals surface area (Å²) in [6.45, 7) is 2.88. The molecule has 1 amide bonds. The maximum atomic E-state index is 12.1. The molecule has 2 rings (SSSR count). The Kier molecular flexibility index (Phi) is 4.90. The summed E-state index contributed by atoms with van der Waals surface area (Å²) >= 11 is 5.74. The van der Waals surface area contributed by atoms with Crippen LogP contribution in [0, 0.1) is 0 Å². The highest BCUT2D eigenvalue weighted by Crippen LogP contribution is 2.12. The Morgan fingerprint density at radius 2 is 2.10 bits per heavy atom. The van der Waals surface area contributed by atoms with Gasteiger partial charge in [-0.2, -0.15) is 0 Å². The van der Waals surface area contributed by atoms with Gasteiger partial charge in [0, 0.05) is 24.5 Å². The Bertz CT molecular complexity index is 586. The van der Waals surface area contributed by atoms with Gasteiger partial charge in [0.2, 0.25) is 0 Å². The van der Waals surface area contributed by atoms with Crippen LogP contribution in [0.1, 0.15) is 23.7 Å². The third-order valence-electron chi connectivity index (χ3n) is 2.55. The zero-order chi connectivity index (χ0) is 14.4. The molecular formula is C14H15ClN4O. The predicted molar refractivity (Wildman–Crippen MR) is 80.2 cm³/mol. The van der Waals surface area contributed by atoms with Gasteiger partial charge in [-0.05, 0) is 30.7 Å². The summed E-state index contributed by atoms with van der Waals surface area (Å²) < 4.78 is 0. The van der Waals surface area contributed by atoms with Crippen molar-refractivity contribution in [1.82, 2.24) is 9.97 Å². The molecule has 0 fully saturated rings. The standard InChI is InChI=1S/C14H15ClN4O/c1-2-6-16-13-8-10(5-7-17-13)14(20)19-12-4-3-11(15)9-18-12/h3-5,7-9H,2,6H2,1H3,(H,16,17)(H,18,19,20). The normalized spacial score (nSPS) is 10.1. The summed E-state index contributed by atoms with van der Waals surface area (Å²) in [5, 5.41) is 6.37. The Morgan fingerprint density at radius 3 is 2.80 bits per heavy atom. The van der Waals surface area contributed by atoms with Gasteiger partial charge in [-0.1, -0.05) is 18.5 Å². The number of carbonyl (C=O) groups is 1. The second-order valence-corrected chi connectivity index (χ2v) is 4.61. The molecule has 0 bridgehead atoms.